The first-order chi connectivity index (χ1) is 10.4. The van der Waals surface area contributed by atoms with Crippen LogP contribution in [0.1, 0.15) is 24.0 Å². The molecule has 1 amide bonds. The maximum atomic E-state index is 10.9. The zero-order chi connectivity index (χ0) is 16.6. The van der Waals surface area contributed by atoms with E-state index in [0.29, 0.717) is 25.0 Å². The van der Waals surface area contributed by atoms with E-state index in [9.17, 15) is 13.2 Å². The summed E-state index contributed by atoms with van der Waals surface area (Å²) in [5.41, 5.74) is 3.12. The second-order valence-corrected chi connectivity index (χ2v) is 6.20. The smallest absolute Gasteiger partial charge is 0.267 e. The number of methoxy groups -OCH3 is 1. The zero-order valence-electron chi connectivity index (χ0n) is 12.2. The van der Waals surface area contributed by atoms with Gasteiger partial charge in [-0.1, -0.05) is 12.1 Å². The van der Waals surface area contributed by atoms with E-state index in [1.54, 1.807) is 12.1 Å². The van der Waals surface area contributed by atoms with E-state index in [1.165, 1.54) is 24.7 Å². The molecule has 8 heteroatoms. The molecule has 0 unspecified atom stereocenters. The van der Waals surface area contributed by atoms with Crippen molar-refractivity contribution in [1.29, 1.82) is 0 Å². The van der Waals surface area contributed by atoms with E-state index >= 15 is 0 Å². The fraction of sp³-hybridized carbons (Fsp3) is 0.357. The van der Waals surface area contributed by atoms with Crippen molar-refractivity contribution in [2.75, 3.05) is 12.9 Å². The Labute approximate surface area is 129 Å². The molecule has 0 aliphatic carbocycles. The lowest BCUT2D eigenvalue weighted by Crippen LogP contribution is -2.14. The number of aryl methyl sites for hydroxylation is 1. The second kappa shape index (κ2) is 8.52. The van der Waals surface area contributed by atoms with Crippen molar-refractivity contribution in [1.82, 2.24) is 5.48 Å². The molecular weight excluding hydrogens is 310 g/mol. The third kappa shape index (κ3) is 6.70. The highest BCUT2D eigenvalue weighted by Gasteiger charge is 2.07. The Balaban J connectivity index is 2.69. The standard InChI is InChI=1S/C14H19NO6S/c1-21-13-10-11(6-8-14(16)15-17)5-7-12(13)4-2-3-9-22(18,19)20/h5-8,10,17H,2-4,9H2,1H3,(H,15,16)(H,18,19,20). The number of nitrogens with one attached hydrogen (secondary N) is 1. The predicted molar refractivity (Wildman–Crippen MR) is 81.3 cm³/mol. The van der Waals surface area contributed by atoms with Crippen LogP contribution >= 0.6 is 0 Å². The Morgan fingerprint density at radius 1 is 1.36 bits per heavy atom. The third-order valence-corrected chi connectivity index (χ3v) is 3.75. The first kappa shape index (κ1) is 18.1. The highest BCUT2D eigenvalue weighted by molar-refractivity contribution is 7.85. The van der Waals surface area contributed by atoms with Crippen molar-refractivity contribution in [2.45, 2.75) is 19.3 Å². The van der Waals surface area contributed by atoms with E-state index < -0.39 is 16.0 Å². The summed E-state index contributed by atoms with van der Waals surface area (Å²) in [6.45, 7) is 0. The average Bonchev–Trinajstić information content (AvgIpc) is 2.48. The number of rotatable bonds is 8. The molecular formula is C14H19NO6S. The summed E-state index contributed by atoms with van der Waals surface area (Å²) >= 11 is 0. The maximum Gasteiger partial charge on any atom is 0.267 e. The lowest BCUT2D eigenvalue weighted by Gasteiger charge is -2.09. The van der Waals surface area contributed by atoms with Gasteiger partial charge in [-0.2, -0.15) is 8.42 Å². The monoisotopic (exact) mass is 329 g/mol. The van der Waals surface area contributed by atoms with Gasteiger partial charge in [-0.3, -0.25) is 14.6 Å². The first-order valence-electron chi connectivity index (χ1n) is 6.60. The van der Waals surface area contributed by atoms with Crippen molar-refractivity contribution in [2.24, 2.45) is 0 Å². The highest BCUT2D eigenvalue weighted by atomic mass is 32.2. The number of carbonyl (C=O) groups excluding carboxylic acids is 1. The molecule has 0 bridgehead atoms. The van der Waals surface area contributed by atoms with Gasteiger partial charge in [0.1, 0.15) is 5.75 Å². The second-order valence-electron chi connectivity index (χ2n) is 4.62. The quantitative estimate of drug-likeness (QED) is 0.219. The van der Waals surface area contributed by atoms with E-state index in [-0.39, 0.29) is 5.75 Å². The van der Waals surface area contributed by atoms with E-state index in [4.69, 9.17) is 14.5 Å². The summed E-state index contributed by atoms with van der Waals surface area (Å²) < 4.78 is 35.2. The molecule has 0 aliphatic rings. The van der Waals surface area contributed by atoms with Gasteiger partial charge in [0.05, 0.1) is 12.9 Å². The largest absolute Gasteiger partial charge is 0.496 e. The molecule has 0 radical (unpaired) electrons. The van der Waals surface area contributed by atoms with Crippen LogP contribution < -0.4 is 10.2 Å². The van der Waals surface area contributed by atoms with Crippen molar-refractivity contribution in [3.63, 3.8) is 0 Å². The van der Waals surface area contributed by atoms with E-state index in [0.717, 1.165) is 11.1 Å². The van der Waals surface area contributed by atoms with Crippen molar-refractivity contribution >= 4 is 22.1 Å². The fourth-order valence-electron chi connectivity index (χ4n) is 1.88. The molecule has 1 aromatic carbocycles. The number of unbranched alkanes of at least 4 members (excludes halogenated alkanes) is 1. The van der Waals surface area contributed by atoms with Gasteiger partial charge in [0.25, 0.3) is 16.0 Å². The number of carbonyl (C=O) groups is 1. The van der Waals surface area contributed by atoms with Gasteiger partial charge in [0.15, 0.2) is 0 Å². The molecule has 0 spiro atoms. The molecule has 0 aromatic heterocycles. The normalized spacial score (nSPS) is 11.6. The van der Waals surface area contributed by atoms with Gasteiger partial charge in [0.2, 0.25) is 0 Å². The summed E-state index contributed by atoms with van der Waals surface area (Å²) in [6, 6.07) is 5.34. The fourth-order valence-corrected chi connectivity index (χ4v) is 2.45. The Hall–Kier alpha value is -1.90. The summed E-state index contributed by atoms with van der Waals surface area (Å²) in [5.74, 6) is -0.265. The molecule has 1 rings (SSSR count). The summed E-state index contributed by atoms with van der Waals surface area (Å²) in [4.78, 5) is 10.9. The average molecular weight is 329 g/mol. The summed E-state index contributed by atoms with van der Waals surface area (Å²) in [5, 5.41) is 8.40. The minimum absolute atomic E-state index is 0.258. The van der Waals surface area contributed by atoms with E-state index in [2.05, 4.69) is 0 Å². The maximum absolute atomic E-state index is 10.9. The van der Waals surface area contributed by atoms with Gasteiger partial charge < -0.3 is 4.74 Å². The van der Waals surface area contributed by atoms with Gasteiger partial charge in [-0.15, -0.1) is 0 Å². The van der Waals surface area contributed by atoms with Gasteiger partial charge in [-0.25, -0.2) is 5.48 Å². The predicted octanol–water partition coefficient (Wildman–Crippen LogP) is 1.42. The minimum Gasteiger partial charge on any atom is -0.496 e. The lowest BCUT2D eigenvalue weighted by atomic mass is 10.0. The number of ether oxygens (including phenoxy) is 1. The van der Waals surface area contributed by atoms with Crippen molar-refractivity contribution in [3.05, 3.63) is 35.4 Å². The third-order valence-electron chi connectivity index (χ3n) is 2.95. The number of hydroxylamine groups is 1. The van der Waals surface area contributed by atoms with Gasteiger partial charge in [-0.05, 0) is 42.5 Å². The zero-order valence-corrected chi connectivity index (χ0v) is 13.0. The minimum atomic E-state index is -3.92. The van der Waals surface area contributed by atoms with Crippen molar-refractivity contribution in [3.8, 4) is 5.75 Å². The Morgan fingerprint density at radius 2 is 2.09 bits per heavy atom. The summed E-state index contributed by atoms with van der Waals surface area (Å²) in [6.07, 6.45) is 4.27. The van der Waals surface area contributed by atoms with Crippen LogP contribution in [-0.4, -0.2) is 36.9 Å². The Kier molecular flexibility index (Phi) is 7.03. The van der Waals surface area contributed by atoms with Crippen LogP contribution in [0.25, 0.3) is 6.08 Å². The molecule has 0 saturated heterocycles. The molecule has 0 aliphatic heterocycles. The molecule has 0 heterocycles. The molecule has 3 N–H and O–H groups in total. The highest BCUT2D eigenvalue weighted by Crippen LogP contribution is 2.23. The van der Waals surface area contributed by atoms with Crippen LogP contribution in [0, 0.1) is 0 Å². The summed E-state index contributed by atoms with van der Waals surface area (Å²) in [7, 11) is -2.40. The lowest BCUT2D eigenvalue weighted by molar-refractivity contribution is -0.124. The van der Waals surface area contributed by atoms with Crippen molar-refractivity contribution < 1.29 is 27.7 Å². The molecule has 1 aromatic rings. The van der Waals surface area contributed by atoms with Crippen LogP contribution in [0.2, 0.25) is 0 Å². The molecule has 0 saturated carbocycles. The Morgan fingerprint density at radius 3 is 2.68 bits per heavy atom. The SMILES string of the molecule is COc1cc(C=CC(=O)NO)ccc1CCCCS(=O)(=O)O. The van der Waals surface area contributed by atoms with Crippen LogP contribution in [0.3, 0.4) is 0 Å². The molecule has 22 heavy (non-hydrogen) atoms. The van der Waals surface area contributed by atoms with Crippen LogP contribution in [0.15, 0.2) is 24.3 Å². The van der Waals surface area contributed by atoms with Crippen LogP contribution in [-0.2, 0) is 21.3 Å². The number of benzene rings is 1. The number of hydrogen-bond donors (Lipinski definition) is 3. The van der Waals surface area contributed by atoms with Crippen LogP contribution in [0.4, 0.5) is 0 Å². The molecule has 7 nitrogen and oxygen atoms in total. The first-order valence-corrected chi connectivity index (χ1v) is 8.21. The van der Waals surface area contributed by atoms with Gasteiger partial charge in [0, 0.05) is 6.08 Å². The molecule has 0 atom stereocenters. The molecule has 122 valence electrons. The molecule has 0 fully saturated rings. The van der Waals surface area contributed by atoms with E-state index in [1.807, 2.05) is 6.07 Å². The van der Waals surface area contributed by atoms with Gasteiger partial charge >= 0.3 is 0 Å². The van der Waals surface area contributed by atoms with Crippen LogP contribution in [0.5, 0.6) is 5.75 Å². The topological polar surface area (TPSA) is 113 Å². The Bertz CT molecular complexity index is 639. The number of amides is 1. The number of hydrogen-bond acceptors (Lipinski definition) is 5.